The Morgan fingerprint density at radius 1 is 0.343 bits per heavy atom. The number of aryl methyl sites for hydroxylation is 2. The Kier molecular flexibility index (Phi) is 36.5. The van der Waals surface area contributed by atoms with Crippen LogP contribution in [0.3, 0.4) is 0 Å². The summed E-state index contributed by atoms with van der Waals surface area (Å²) >= 11 is 0. The predicted molar refractivity (Wildman–Crippen MR) is 299 cm³/mol. The molecule has 0 unspecified atom stereocenters. The number of nitrogens with zero attached hydrogens (tertiary/aromatic N) is 2. The van der Waals surface area contributed by atoms with Crippen molar-refractivity contribution >= 4 is 11.4 Å². The molecule has 1 heterocycles. The van der Waals surface area contributed by atoms with Gasteiger partial charge >= 0.3 is 0 Å². The minimum Gasteiger partial charge on any atom is -0.493 e. The monoisotopic (exact) mass is 915 g/mol. The Morgan fingerprint density at radius 2 is 0.657 bits per heavy atom. The fraction of sp³-hybridized carbons (Fsp3) is 0.692. The molecule has 0 fully saturated rings. The van der Waals surface area contributed by atoms with Crippen LogP contribution in [0.2, 0.25) is 0 Å². The highest BCUT2D eigenvalue weighted by molar-refractivity contribution is 5.80. The lowest BCUT2D eigenvalue weighted by molar-refractivity contribution is -0.344. The average Bonchev–Trinajstić information content (AvgIpc) is 3.67. The van der Waals surface area contributed by atoms with Gasteiger partial charge in [0.05, 0.1) is 0 Å². The maximum Gasteiger partial charge on any atom is 0.211 e. The summed E-state index contributed by atoms with van der Waals surface area (Å²) < 4.78 is 1.55. The molecule has 3 rings (SSSR count). The molecule has 376 valence electrons. The zero-order chi connectivity index (χ0) is 47.5. The number of hydrogen-bond acceptors (Lipinski definition) is 0. The van der Waals surface area contributed by atoms with Crippen LogP contribution in [0.15, 0.2) is 84.5 Å². The molecule has 0 aliphatic carbocycles. The maximum absolute atomic E-state index is 12.1. The zero-order valence-electron chi connectivity index (χ0n) is 44.6. The van der Waals surface area contributed by atoms with Crippen LogP contribution in [0.4, 0.5) is 0 Å². The van der Waals surface area contributed by atoms with Gasteiger partial charge in [-0.2, -0.15) is 0 Å². The van der Waals surface area contributed by atoms with Crippen molar-refractivity contribution in [2.45, 2.75) is 290 Å². The normalized spacial score (nSPS) is 13.1. The first-order valence-corrected chi connectivity index (χ1v) is 29.6. The van der Waals surface area contributed by atoms with Crippen LogP contribution < -0.4 is 0 Å². The van der Waals surface area contributed by atoms with E-state index in [-0.39, 0.29) is 0 Å². The van der Waals surface area contributed by atoms with E-state index in [0.717, 1.165) is 62.8 Å². The van der Waals surface area contributed by atoms with Gasteiger partial charge in [0.1, 0.15) is 0 Å². The standard InChI is InChI=1S/C65H106N2/c1-4-7-10-12-14-16-18-20-22-24-26-27-29-31-32-34-36-38-40-42-45-51-59-53-47-49-56-62(59)64-58-61(55-44-9-6-3)65(67(64)66)63-57-50-48-54-60(63)52-46-43-41-39-37-35-33-30-28-25-23-21-19-17-15-13-11-8-5-2/h38-41,47-50,53-54,56-58H,4-37,42-46,51-52,55H2,1-3H3. The molecular weight excluding hydrogens is 809 g/mol. The number of allylic oxidation sites excluding steroid dienone is 6. The fourth-order valence-electron chi connectivity index (χ4n) is 10.3. The Hall–Kier alpha value is -3.00. The van der Waals surface area contributed by atoms with Gasteiger partial charge in [0.2, 0.25) is 11.4 Å². The molecule has 0 spiro atoms. The summed E-state index contributed by atoms with van der Waals surface area (Å²) in [4.78, 5) is 0. The average molecular weight is 916 g/mol. The van der Waals surface area contributed by atoms with Crippen LogP contribution in [-0.2, 0) is 12.8 Å². The Labute approximate surface area is 417 Å². The van der Waals surface area contributed by atoms with Crippen molar-refractivity contribution in [3.63, 3.8) is 0 Å². The summed E-state index contributed by atoms with van der Waals surface area (Å²) in [5.41, 5.74) is 20.4. The minimum absolute atomic E-state index is 0.942. The van der Waals surface area contributed by atoms with Crippen LogP contribution >= 0.6 is 0 Å². The molecule has 0 N–H and O–H groups in total. The molecule has 67 heavy (non-hydrogen) atoms. The van der Waals surface area contributed by atoms with Crippen molar-refractivity contribution in [1.29, 1.82) is 0 Å². The Bertz CT molecular complexity index is 1620. The first kappa shape index (κ1) is 58.3. The fourth-order valence-corrected chi connectivity index (χ4v) is 10.3. The van der Waals surface area contributed by atoms with E-state index in [1.54, 1.807) is 4.70 Å². The maximum atomic E-state index is 12.1. The topological polar surface area (TPSA) is 25.3 Å². The van der Waals surface area contributed by atoms with Crippen LogP contribution in [0.5, 0.6) is 0 Å². The molecule has 2 heteroatoms. The van der Waals surface area contributed by atoms with E-state index in [0.29, 0.717) is 0 Å². The van der Waals surface area contributed by atoms with Crippen molar-refractivity contribution in [2.24, 2.45) is 0 Å². The number of hydrogen-bond donors (Lipinski definition) is 0. The second kappa shape index (κ2) is 41.9. The van der Waals surface area contributed by atoms with E-state index in [2.05, 4.69) is 99.7 Å². The molecule has 2 aromatic rings. The van der Waals surface area contributed by atoms with E-state index in [1.165, 1.54) is 246 Å². The van der Waals surface area contributed by atoms with Gasteiger partial charge in [-0.1, -0.05) is 274 Å². The molecule has 0 saturated carbocycles. The summed E-state index contributed by atoms with van der Waals surface area (Å²) in [5.74, 6) is 0. The molecule has 0 atom stereocenters. The molecule has 1 aliphatic heterocycles. The van der Waals surface area contributed by atoms with E-state index in [9.17, 15) is 5.53 Å². The quantitative estimate of drug-likeness (QED) is 0.0359. The van der Waals surface area contributed by atoms with Crippen molar-refractivity contribution in [1.82, 2.24) is 0 Å². The highest BCUT2D eigenvalue weighted by Gasteiger charge is 2.31. The molecule has 0 radical (unpaired) electrons. The van der Waals surface area contributed by atoms with Crippen LogP contribution in [0.25, 0.3) is 16.9 Å². The van der Waals surface area contributed by atoms with Crippen molar-refractivity contribution in [3.8, 4) is 0 Å². The van der Waals surface area contributed by atoms with Crippen molar-refractivity contribution in [2.75, 3.05) is 0 Å². The lowest BCUT2D eigenvalue weighted by Crippen LogP contribution is -2.06. The summed E-state index contributed by atoms with van der Waals surface area (Å²) in [7, 11) is 0. The predicted octanol–water partition coefficient (Wildman–Crippen LogP) is 22.3. The third-order valence-electron chi connectivity index (χ3n) is 14.6. The van der Waals surface area contributed by atoms with Crippen molar-refractivity contribution < 1.29 is 4.70 Å². The molecule has 2 nitrogen and oxygen atoms in total. The second-order valence-corrected chi connectivity index (χ2v) is 20.7. The van der Waals surface area contributed by atoms with Gasteiger partial charge in [-0.25, -0.2) is 4.70 Å². The summed E-state index contributed by atoms with van der Waals surface area (Å²) in [6.45, 7) is 6.89. The second-order valence-electron chi connectivity index (χ2n) is 20.7. The van der Waals surface area contributed by atoms with Gasteiger partial charge < -0.3 is 5.53 Å². The first-order chi connectivity index (χ1) is 33.2. The number of rotatable bonds is 46. The Morgan fingerprint density at radius 3 is 1.06 bits per heavy atom. The van der Waals surface area contributed by atoms with E-state index in [1.807, 2.05) is 0 Å². The van der Waals surface area contributed by atoms with Gasteiger partial charge in [0, 0.05) is 22.8 Å². The Balaban J connectivity index is 1.35. The number of unbranched alkanes of at least 4 members (excludes halogenated alkanes) is 34. The lowest BCUT2D eigenvalue weighted by Gasteiger charge is -2.15. The molecule has 0 bridgehead atoms. The van der Waals surface area contributed by atoms with Crippen LogP contribution in [0.1, 0.15) is 300 Å². The van der Waals surface area contributed by atoms with Gasteiger partial charge in [-0.3, -0.25) is 0 Å². The van der Waals surface area contributed by atoms with E-state index >= 15 is 0 Å². The van der Waals surface area contributed by atoms with Crippen LogP contribution in [-0.4, -0.2) is 4.70 Å². The summed E-state index contributed by atoms with van der Waals surface area (Å²) in [6.07, 6.45) is 68.2. The van der Waals surface area contributed by atoms with Crippen molar-refractivity contribution in [3.05, 3.63) is 112 Å². The van der Waals surface area contributed by atoms with Gasteiger partial charge in [0.15, 0.2) is 0 Å². The lowest BCUT2D eigenvalue weighted by atomic mass is 9.96. The molecule has 0 saturated heterocycles. The molecule has 0 aromatic heterocycles. The molecule has 2 aromatic carbocycles. The molecule has 1 aliphatic rings. The smallest absolute Gasteiger partial charge is 0.211 e. The summed E-state index contributed by atoms with van der Waals surface area (Å²) in [5, 5.41) is 0. The minimum atomic E-state index is 0.942. The number of benzene rings is 2. The van der Waals surface area contributed by atoms with E-state index < -0.39 is 0 Å². The first-order valence-electron chi connectivity index (χ1n) is 29.6. The third-order valence-corrected chi connectivity index (χ3v) is 14.6. The van der Waals surface area contributed by atoms with E-state index in [4.69, 9.17) is 0 Å². The van der Waals surface area contributed by atoms with Gasteiger partial charge in [-0.05, 0) is 100 Å². The molecule has 0 amide bonds. The third kappa shape index (κ3) is 27.7. The molecular formula is C65H106N2. The highest BCUT2D eigenvalue weighted by atomic mass is 15.2. The van der Waals surface area contributed by atoms with Gasteiger partial charge in [-0.15, -0.1) is 0 Å². The van der Waals surface area contributed by atoms with Crippen LogP contribution in [0, 0.1) is 0 Å². The largest absolute Gasteiger partial charge is 0.493 e. The highest BCUT2D eigenvalue weighted by Crippen LogP contribution is 2.40. The summed E-state index contributed by atoms with van der Waals surface area (Å²) in [6, 6.07) is 17.7. The van der Waals surface area contributed by atoms with Gasteiger partial charge in [0.25, 0.3) is 0 Å². The zero-order valence-corrected chi connectivity index (χ0v) is 44.6. The SMILES string of the molecule is CCCCCCCCCCCCCCCCC=CCCCc1ccccc1C1=C(CCCCC)C=C(c2ccccc2CCCC=CCCCCCCCCCCCCCCCCCC)[N+]1=[N-].